The van der Waals surface area contributed by atoms with E-state index in [1.165, 1.54) is 0 Å². The van der Waals surface area contributed by atoms with Crippen molar-refractivity contribution >= 4 is 5.97 Å². The lowest BCUT2D eigenvalue weighted by molar-refractivity contribution is -0.145. The number of hydrogen-bond donors (Lipinski definition) is 0. The summed E-state index contributed by atoms with van der Waals surface area (Å²) in [4.78, 5) is 11.6. The summed E-state index contributed by atoms with van der Waals surface area (Å²) in [6, 6.07) is 7.92. The first-order valence-corrected chi connectivity index (χ1v) is 5.39. The second-order valence-electron chi connectivity index (χ2n) is 3.75. The fraction of sp³-hybridized carbons (Fsp3) is 0.462. The molecule has 15 heavy (non-hydrogen) atoms. The molecule has 1 rings (SSSR count). The lowest BCUT2D eigenvalue weighted by Gasteiger charge is -2.13. The van der Waals surface area contributed by atoms with Crippen molar-refractivity contribution in [3.63, 3.8) is 0 Å². The molecule has 0 spiro atoms. The van der Waals surface area contributed by atoms with E-state index in [9.17, 15) is 4.79 Å². The van der Waals surface area contributed by atoms with Crippen molar-refractivity contribution in [3.8, 4) is 0 Å². The van der Waals surface area contributed by atoms with Gasteiger partial charge in [0.05, 0.1) is 12.5 Å². The van der Waals surface area contributed by atoms with Gasteiger partial charge in [-0.25, -0.2) is 0 Å². The minimum absolute atomic E-state index is 0.133. The summed E-state index contributed by atoms with van der Waals surface area (Å²) in [6.45, 7) is 6.40. The molecular weight excluding hydrogens is 188 g/mol. The molecule has 0 fully saturated rings. The van der Waals surface area contributed by atoms with Crippen LogP contribution in [0.25, 0.3) is 0 Å². The Morgan fingerprint density at radius 3 is 2.67 bits per heavy atom. The van der Waals surface area contributed by atoms with Crippen LogP contribution in [0.1, 0.15) is 37.3 Å². The molecule has 0 amide bonds. The second kappa shape index (κ2) is 5.54. The van der Waals surface area contributed by atoms with E-state index < -0.39 is 0 Å². The second-order valence-corrected chi connectivity index (χ2v) is 3.75. The number of carbonyl (C=O) groups excluding carboxylic acids is 1. The maximum Gasteiger partial charge on any atom is 0.313 e. The zero-order valence-electron chi connectivity index (χ0n) is 9.62. The molecule has 0 heterocycles. The predicted molar refractivity (Wildman–Crippen MR) is 60.8 cm³/mol. The monoisotopic (exact) mass is 206 g/mol. The van der Waals surface area contributed by atoms with Gasteiger partial charge in [-0.3, -0.25) is 4.79 Å². The van der Waals surface area contributed by atoms with E-state index in [0.29, 0.717) is 6.61 Å². The third-order valence-corrected chi connectivity index (χ3v) is 2.46. The summed E-state index contributed by atoms with van der Waals surface area (Å²) in [7, 11) is 0. The van der Waals surface area contributed by atoms with Crippen LogP contribution in [-0.2, 0) is 9.53 Å². The molecule has 0 aliphatic rings. The molecule has 82 valence electrons. The molecule has 1 aromatic carbocycles. The number of benzene rings is 1. The highest BCUT2D eigenvalue weighted by molar-refractivity contribution is 5.78. The molecule has 0 bridgehead atoms. The van der Waals surface area contributed by atoms with Crippen LogP contribution in [0, 0.1) is 6.92 Å². The smallest absolute Gasteiger partial charge is 0.313 e. The minimum Gasteiger partial charge on any atom is -0.465 e. The van der Waals surface area contributed by atoms with Gasteiger partial charge < -0.3 is 4.74 Å². The molecule has 0 saturated carbocycles. The maximum atomic E-state index is 11.6. The Morgan fingerprint density at radius 2 is 2.07 bits per heavy atom. The Morgan fingerprint density at radius 1 is 1.40 bits per heavy atom. The lowest BCUT2D eigenvalue weighted by Crippen LogP contribution is -2.14. The zero-order chi connectivity index (χ0) is 11.3. The molecule has 0 saturated heterocycles. The SMILES string of the molecule is CCCOC(=O)C(C)c1ccccc1C. The Labute approximate surface area is 91.3 Å². The Balaban J connectivity index is 2.72. The molecule has 0 aliphatic carbocycles. The maximum absolute atomic E-state index is 11.6. The van der Waals surface area contributed by atoms with Crippen LogP contribution in [0.5, 0.6) is 0 Å². The predicted octanol–water partition coefficient (Wildman–Crippen LogP) is 3.05. The summed E-state index contributed by atoms with van der Waals surface area (Å²) in [5.41, 5.74) is 2.19. The van der Waals surface area contributed by atoms with E-state index in [-0.39, 0.29) is 11.9 Å². The first kappa shape index (κ1) is 11.8. The van der Waals surface area contributed by atoms with Crippen LogP contribution in [0.15, 0.2) is 24.3 Å². The van der Waals surface area contributed by atoms with E-state index >= 15 is 0 Å². The van der Waals surface area contributed by atoms with Crippen molar-refractivity contribution in [3.05, 3.63) is 35.4 Å². The number of carbonyl (C=O) groups is 1. The van der Waals surface area contributed by atoms with Crippen LogP contribution in [0.2, 0.25) is 0 Å². The molecule has 0 aromatic heterocycles. The number of rotatable bonds is 4. The molecule has 2 heteroatoms. The van der Waals surface area contributed by atoms with Gasteiger partial charge in [-0.15, -0.1) is 0 Å². The van der Waals surface area contributed by atoms with E-state index in [2.05, 4.69) is 0 Å². The topological polar surface area (TPSA) is 26.3 Å². The number of ether oxygens (including phenoxy) is 1. The molecule has 1 aromatic rings. The molecule has 0 radical (unpaired) electrons. The van der Waals surface area contributed by atoms with Gasteiger partial charge in [-0.1, -0.05) is 31.2 Å². The first-order chi connectivity index (χ1) is 7.16. The summed E-state index contributed by atoms with van der Waals surface area (Å²) >= 11 is 0. The van der Waals surface area contributed by atoms with Gasteiger partial charge in [-0.2, -0.15) is 0 Å². The standard InChI is InChI=1S/C13H18O2/c1-4-9-15-13(14)11(3)12-8-6-5-7-10(12)2/h5-8,11H,4,9H2,1-3H3. The highest BCUT2D eigenvalue weighted by Crippen LogP contribution is 2.20. The van der Waals surface area contributed by atoms with Crippen LogP contribution < -0.4 is 0 Å². The Bertz CT molecular complexity index is 331. The average molecular weight is 206 g/mol. The van der Waals surface area contributed by atoms with Gasteiger partial charge >= 0.3 is 5.97 Å². The zero-order valence-corrected chi connectivity index (χ0v) is 9.62. The van der Waals surface area contributed by atoms with Crippen molar-refractivity contribution in [2.75, 3.05) is 6.61 Å². The largest absolute Gasteiger partial charge is 0.465 e. The Kier molecular flexibility index (Phi) is 4.35. The first-order valence-electron chi connectivity index (χ1n) is 5.39. The molecule has 1 atom stereocenters. The fourth-order valence-electron chi connectivity index (χ4n) is 1.53. The van der Waals surface area contributed by atoms with Gasteiger partial charge in [0.15, 0.2) is 0 Å². The summed E-state index contributed by atoms with van der Waals surface area (Å²) in [5, 5.41) is 0. The molecule has 2 nitrogen and oxygen atoms in total. The highest BCUT2D eigenvalue weighted by Gasteiger charge is 2.17. The van der Waals surface area contributed by atoms with Gasteiger partial charge in [-0.05, 0) is 31.4 Å². The third-order valence-electron chi connectivity index (χ3n) is 2.46. The minimum atomic E-state index is -0.169. The number of aryl methyl sites for hydroxylation is 1. The van der Waals surface area contributed by atoms with Crippen molar-refractivity contribution in [2.45, 2.75) is 33.1 Å². The van der Waals surface area contributed by atoms with Crippen molar-refractivity contribution < 1.29 is 9.53 Å². The van der Waals surface area contributed by atoms with Gasteiger partial charge in [0.1, 0.15) is 0 Å². The number of esters is 1. The van der Waals surface area contributed by atoms with Crippen molar-refractivity contribution in [1.29, 1.82) is 0 Å². The highest BCUT2D eigenvalue weighted by atomic mass is 16.5. The fourth-order valence-corrected chi connectivity index (χ4v) is 1.53. The molecule has 1 unspecified atom stereocenters. The number of hydrogen-bond acceptors (Lipinski definition) is 2. The van der Waals surface area contributed by atoms with E-state index in [4.69, 9.17) is 4.74 Å². The average Bonchev–Trinajstić information content (AvgIpc) is 2.25. The normalized spacial score (nSPS) is 12.2. The summed E-state index contributed by atoms with van der Waals surface area (Å²) in [5.74, 6) is -0.302. The molecule has 0 N–H and O–H groups in total. The van der Waals surface area contributed by atoms with E-state index in [0.717, 1.165) is 17.5 Å². The van der Waals surface area contributed by atoms with Crippen molar-refractivity contribution in [2.24, 2.45) is 0 Å². The molecular formula is C13H18O2. The van der Waals surface area contributed by atoms with Crippen LogP contribution in [0.3, 0.4) is 0 Å². The summed E-state index contributed by atoms with van der Waals surface area (Å²) < 4.78 is 5.12. The van der Waals surface area contributed by atoms with Crippen LogP contribution in [-0.4, -0.2) is 12.6 Å². The van der Waals surface area contributed by atoms with Crippen molar-refractivity contribution in [1.82, 2.24) is 0 Å². The lowest BCUT2D eigenvalue weighted by atomic mass is 9.97. The van der Waals surface area contributed by atoms with Gasteiger partial charge in [0.2, 0.25) is 0 Å². The van der Waals surface area contributed by atoms with E-state index in [1.807, 2.05) is 45.0 Å². The van der Waals surface area contributed by atoms with E-state index in [1.54, 1.807) is 0 Å². The molecule has 0 aliphatic heterocycles. The summed E-state index contributed by atoms with van der Waals surface area (Å²) in [6.07, 6.45) is 0.867. The Hall–Kier alpha value is -1.31. The van der Waals surface area contributed by atoms with Gasteiger partial charge in [0.25, 0.3) is 0 Å². The third kappa shape index (κ3) is 3.08. The van der Waals surface area contributed by atoms with Crippen LogP contribution in [0.4, 0.5) is 0 Å². The quantitative estimate of drug-likeness (QED) is 0.708. The van der Waals surface area contributed by atoms with Gasteiger partial charge in [0, 0.05) is 0 Å². The van der Waals surface area contributed by atoms with Crippen LogP contribution >= 0.6 is 0 Å².